The summed E-state index contributed by atoms with van der Waals surface area (Å²) in [4.78, 5) is 0.263. The van der Waals surface area contributed by atoms with Gasteiger partial charge in [-0.2, -0.15) is 4.31 Å². The second-order valence-corrected chi connectivity index (χ2v) is 6.05. The van der Waals surface area contributed by atoms with Crippen molar-refractivity contribution in [2.24, 2.45) is 0 Å². The van der Waals surface area contributed by atoms with Crippen molar-refractivity contribution in [2.45, 2.75) is 17.7 Å². The van der Waals surface area contributed by atoms with Crippen molar-refractivity contribution in [3.05, 3.63) is 29.8 Å². The molecule has 4 nitrogen and oxygen atoms in total. The molecule has 0 saturated heterocycles. The largest absolute Gasteiger partial charge is 0.380 e. The zero-order chi connectivity index (χ0) is 13.6. The Morgan fingerprint density at radius 1 is 1.33 bits per heavy atom. The van der Waals surface area contributed by atoms with Crippen LogP contribution in [0.5, 0.6) is 0 Å². The third-order valence-corrected chi connectivity index (χ3v) is 4.80. The molecule has 0 spiro atoms. The van der Waals surface area contributed by atoms with Crippen LogP contribution in [-0.2, 0) is 20.6 Å². The molecule has 1 aromatic rings. The molecule has 1 aromatic carbocycles. The average molecular weight is 292 g/mol. The lowest BCUT2D eigenvalue weighted by atomic mass is 10.2. The number of hydrogen-bond acceptors (Lipinski definition) is 3. The smallest absolute Gasteiger partial charge is 0.243 e. The summed E-state index contributed by atoms with van der Waals surface area (Å²) in [7, 11) is -1.95. The van der Waals surface area contributed by atoms with Crippen molar-refractivity contribution in [1.82, 2.24) is 4.31 Å². The summed E-state index contributed by atoms with van der Waals surface area (Å²) in [5.74, 6) is 0.175. The van der Waals surface area contributed by atoms with Gasteiger partial charge < -0.3 is 4.74 Å². The lowest BCUT2D eigenvalue weighted by molar-refractivity contribution is 0.138. The third kappa shape index (κ3) is 3.68. The highest BCUT2D eigenvalue weighted by Crippen LogP contribution is 2.20. The van der Waals surface area contributed by atoms with Crippen LogP contribution in [0, 0.1) is 0 Å². The van der Waals surface area contributed by atoms with E-state index in [-0.39, 0.29) is 10.8 Å². The number of alkyl halides is 1. The van der Waals surface area contributed by atoms with Crippen molar-refractivity contribution in [1.29, 1.82) is 0 Å². The first-order valence-electron chi connectivity index (χ1n) is 5.72. The first-order chi connectivity index (χ1) is 8.54. The minimum Gasteiger partial charge on any atom is -0.380 e. The molecule has 102 valence electrons. The summed E-state index contributed by atoms with van der Waals surface area (Å²) in [6.07, 6.45) is 0. The molecule has 0 bridgehead atoms. The number of likely N-dealkylation sites (N-methyl/N-ethyl adjacent to an activating group) is 1. The summed E-state index contributed by atoms with van der Waals surface area (Å²) in [6.45, 7) is 3.16. The monoisotopic (exact) mass is 291 g/mol. The van der Waals surface area contributed by atoms with Gasteiger partial charge in [-0.1, -0.05) is 18.2 Å². The summed E-state index contributed by atoms with van der Waals surface area (Å²) in [6, 6.07) is 6.76. The van der Waals surface area contributed by atoms with Crippen molar-refractivity contribution >= 4 is 21.6 Å². The van der Waals surface area contributed by atoms with E-state index in [4.69, 9.17) is 16.3 Å². The number of hydrogen-bond donors (Lipinski definition) is 0. The summed E-state index contributed by atoms with van der Waals surface area (Å²) in [5.41, 5.74) is 0.613. The van der Waals surface area contributed by atoms with Crippen LogP contribution in [0.25, 0.3) is 0 Å². The minimum atomic E-state index is -3.49. The Morgan fingerprint density at radius 3 is 2.61 bits per heavy atom. The van der Waals surface area contributed by atoms with Gasteiger partial charge in [-0.25, -0.2) is 8.42 Å². The van der Waals surface area contributed by atoms with E-state index in [0.29, 0.717) is 25.3 Å². The molecule has 0 aromatic heterocycles. The number of rotatable bonds is 7. The lowest BCUT2D eigenvalue weighted by Gasteiger charge is -2.18. The van der Waals surface area contributed by atoms with Gasteiger partial charge >= 0.3 is 0 Å². The molecule has 0 amide bonds. The number of halogens is 1. The third-order valence-electron chi connectivity index (χ3n) is 2.56. The molecule has 0 heterocycles. The first-order valence-corrected chi connectivity index (χ1v) is 7.69. The lowest BCUT2D eigenvalue weighted by Crippen LogP contribution is -2.30. The fraction of sp³-hybridized carbons (Fsp3) is 0.500. The molecule has 0 aliphatic rings. The van der Waals surface area contributed by atoms with E-state index < -0.39 is 10.0 Å². The number of benzene rings is 1. The maximum absolute atomic E-state index is 12.3. The van der Waals surface area contributed by atoms with Gasteiger partial charge in [0.15, 0.2) is 0 Å². The Balaban J connectivity index is 2.91. The van der Waals surface area contributed by atoms with Crippen LogP contribution < -0.4 is 0 Å². The predicted octanol–water partition coefficient (Wildman–Crippen LogP) is 2.08. The molecule has 0 saturated carbocycles. The Labute approximate surface area is 114 Å². The van der Waals surface area contributed by atoms with Crippen molar-refractivity contribution < 1.29 is 13.2 Å². The highest BCUT2D eigenvalue weighted by molar-refractivity contribution is 7.89. The van der Waals surface area contributed by atoms with Gasteiger partial charge in [-0.3, -0.25) is 0 Å². The van der Waals surface area contributed by atoms with Crippen LogP contribution in [0.15, 0.2) is 29.2 Å². The summed E-state index contributed by atoms with van der Waals surface area (Å²) < 4.78 is 31.1. The molecule has 0 N–H and O–H groups in total. The van der Waals surface area contributed by atoms with E-state index in [1.54, 1.807) is 31.3 Å². The normalized spacial score (nSPS) is 12.0. The van der Waals surface area contributed by atoms with E-state index in [1.807, 2.05) is 6.92 Å². The number of nitrogens with zero attached hydrogens (tertiary/aromatic N) is 1. The topological polar surface area (TPSA) is 46.6 Å². The number of ether oxygens (including phenoxy) is 1. The highest BCUT2D eigenvalue weighted by atomic mass is 35.5. The summed E-state index contributed by atoms with van der Waals surface area (Å²) in [5, 5.41) is 0. The van der Waals surface area contributed by atoms with Gasteiger partial charge in [0, 0.05) is 26.1 Å². The van der Waals surface area contributed by atoms with Crippen LogP contribution in [0.2, 0.25) is 0 Å². The van der Waals surface area contributed by atoms with Crippen molar-refractivity contribution in [3.63, 3.8) is 0 Å². The summed E-state index contributed by atoms with van der Waals surface area (Å²) >= 11 is 5.76. The fourth-order valence-electron chi connectivity index (χ4n) is 1.49. The molecule has 0 radical (unpaired) electrons. The van der Waals surface area contributed by atoms with Gasteiger partial charge in [-0.05, 0) is 18.6 Å². The highest BCUT2D eigenvalue weighted by Gasteiger charge is 2.22. The zero-order valence-corrected chi connectivity index (χ0v) is 12.2. The van der Waals surface area contributed by atoms with Crippen LogP contribution in [0.4, 0.5) is 0 Å². The molecule has 18 heavy (non-hydrogen) atoms. The zero-order valence-electron chi connectivity index (χ0n) is 10.6. The second-order valence-electron chi connectivity index (χ2n) is 3.76. The van der Waals surface area contributed by atoms with Crippen LogP contribution in [-0.4, -0.2) is 39.5 Å². The molecule has 0 aliphatic heterocycles. The van der Waals surface area contributed by atoms with E-state index in [0.717, 1.165) is 0 Å². The van der Waals surface area contributed by atoms with Crippen molar-refractivity contribution in [3.8, 4) is 0 Å². The van der Waals surface area contributed by atoms with Crippen LogP contribution >= 0.6 is 11.6 Å². The molecule has 0 aliphatic carbocycles. The van der Waals surface area contributed by atoms with E-state index >= 15 is 0 Å². The molecule has 0 fully saturated rings. The average Bonchev–Trinajstić information content (AvgIpc) is 2.38. The van der Waals surface area contributed by atoms with E-state index in [9.17, 15) is 8.42 Å². The van der Waals surface area contributed by atoms with Crippen LogP contribution in [0.3, 0.4) is 0 Å². The van der Waals surface area contributed by atoms with E-state index in [2.05, 4.69) is 0 Å². The van der Waals surface area contributed by atoms with Gasteiger partial charge in [-0.15, -0.1) is 11.6 Å². The Bertz CT molecular complexity index is 476. The van der Waals surface area contributed by atoms with Gasteiger partial charge in [0.2, 0.25) is 10.0 Å². The Hall–Kier alpha value is -0.620. The van der Waals surface area contributed by atoms with Gasteiger partial charge in [0.05, 0.1) is 11.5 Å². The standard InChI is InChI=1S/C12H18ClNO3S/c1-3-17-9-8-14(2)18(15,16)12-7-5-4-6-11(12)10-13/h4-7H,3,8-10H2,1-2H3. The molecule has 1 rings (SSSR count). The predicted molar refractivity (Wildman–Crippen MR) is 72.3 cm³/mol. The maximum Gasteiger partial charge on any atom is 0.243 e. The molecule has 0 atom stereocenters. The second kappa shape index (κ2) is 7.09. The Kier molecular flexibility index (Phi) is 6.08. The van der Waals surface area contributed by atoms with E-state index in [1.165, 1.54) is 4.31 Å². The molecule has 6 heteroatoms. The van der Waals surface area contributed by atoms with Crippen molar-refractivity contribution in [2.75, 3.05) is 26.8 Å². The quantitative estimate of drug-likeness (QED) is 0.571. The molecular formula is C12H18ClNO3S. The minimum absolute atomic E-state index is 0.175. The number of sulfonamides is 1. The Morgan fingerprint density at radius 2 is 2.00 bits per heavy atom. The maximum atomic E-state index is 12.3. The molecule has 0 unspecified atom stereocenters. The van der Waals surface area contributed by atoms with Gasteiger partial charge in [0.1, 0.15) is 0 Å². The van der Waals surface area contributed by atoms with Gasteiger partial charge in [0.25, 0.3) is 0 Å². The first kappa shape index (κ1) is 15.4. The SMILES string of the molecule is CCOCCN(C)S(=O)(=O)c1ccccc1CCl. The van der Waals surface area contributed by atoms with Crippen LogP contribution in [0.1, 0.15) is 12.5 Å². The fourth-order valence-corrected chi connectivity index (χ4v) is 3.18. The molecular weight excluding hydrogens is 274 g/mol.